The van der Waals surface area contributed by atoms with Gasteiger partial charge >= 0.3 is 0 Å². The lowest BCUT2D eigenvalue weighted by Crippen LogP contribution is -2.02. The van der Waals surface area contributed by atoms with Gasteiger partial charge in [0.1, 0.15) is 11.5 Å². The quantitative estimate of drug-likeness (QED) is 0.742. The van der Waals surface area contributed by atoms with E-state index in [1.165, 1.54) is 0 Å². The number of hydrogen-bond donors (Lipinski definition) is 1. The molecular formula is C15H14BrCl2NO2. The van der Waals surface area contributed by atoms with Crippen LogP contribution in [0, 0.1) is 0 Å². The number of anilines is 1. The Morgan fingerprint density at radius 1 is 1.05 bits per heavy atom. The van der Waals surface area contributed by atoms with Gasteiger partial charge in [0.25, 0.3) is 0 Å². The Balaban J connectivity index is 2.22. The van der Waals surface area contributed by atoms with Gasteiger partial charge in [0.05, 0.1) is 24.9 Å². The van der Waals surface area contributed by atoms with Crippen molar-refractivity contribution in [1.82, 2.24) is 0 Å². The van der Waals surface area contributed by atoms with Crippen molar-refractivity contribution in [2.45, 2.75) is 6.54 Å². The van der Waals surface area contributed by atoms with Crippen LogP contribution in [-0.2, 0) is 6.54 Å². The number of rotatable bonds is 5. The molecule has 2 rings (SSSR count). The van der Waals surface area contributed by atoms with E-state index in [1.807, 2.05) is 24.3 Å². The predicted molar refractivity (Wildman–Crippen MR) is 91.0 cm³/mol. The molecule has 0 bridgehead atoms. The van der Waals surface area contributed by atoms with Crippen molar-refractivity contribution in [3.63, 3.8) is 0 Å². The summed E-state index contributed by atoms with van der Waals surface area (Å²) < 4.78 is 11.5. The van der Waals surface area contributed by atoms with Gasteiger partial charge in [-0.15, -0.1) is 0 Å². The molecule has 0 saturated carbocycles. The van der Waals surface area contributed by atoms with Crippen LogP contribution in [0.5, 0.6) is 11.5 Å². The van der Waals surface area contributed by atoms with Crippen LogP contribution in [0.25, 0.3) is 0 Å². The van der Waals surface area contributed by atoms with E-state index >= 15 is 0 Å². The number of ether oxygens (including phenoxy) is 2. The monoisotopic (exact) mass is 389 g/mol. The van der Waals surface area contributed by atoms with Crippen LogP contribution in [0.15, 0.2) is 34.8 Å². The Kier molecular flexibility index (Phi) is 5.62. The largest absolute Gasteiger partial charge is 0.495 e. The molecule has 0 unspecified atom stereocenters. The molecule has 0 fully saturated rings. The van der Waals surface area contributed by atoms with E-state index in [-0.39, 0.29) is 0 Å². The van der Waals surface area contributed by atoms with E-state index < -0.39 is 0 Å². The van der Waals surface area contributed by atoms with Crippen molar-refractivity contribution in [3.8, 4) is 11.5 Å². The van der Waals surface area contributed by atoms with Crippen LogP contribution < -0.4 is 14.8 Å². The lowest BCUT2D eigenvalue weighted by atomic mass is 10.2. The molecule has 0 aliphatic heterocycles. The summed E-state index contributed by atoms with van der Waals surface area (Å²) in [5.74, 6) is 1.25. The number of halogens is 3. The van der Waals surface area contributed by atoms with Crippen LogP contribution in [-0.4, -0.2) is 14.2 Å². The standard InChI is InChI=1S/C15H14BrCl2NO2/c1-20-14-7-13(15(21-2)6-12(14)18)19-8-9-3-4-10(17)5-11(9)16/h3-7,19H,8H2,1-2H3. The van der Waals surface area contributed by atoms with E-state index in [0.29, 0.717) is 28.1 Å². The van der Waals surface area contributed by atoms with Gasteiger partial charge < -0.3 is 14.8 Å². The minimum absolute atomic E-state index is 0.507. The van der Waals surface area contributed by atoms with Gasteiger partial charge in [-0.1, -0.05) is 45.2 Å². The third-order valence-corrected chi connectivity index (χ3v) is 4.23. The van der Waals surface area contributed by atoms with E-state index in [2.05, 4.69) is 21.2 Å². The van der Waals surface area contributed by atoms with Crippen molar-refractivity contribution in [1.29, 1.82) is 0 Å². The Hall–Kier alpha value is -1.10. The van der Waals surface area contributed by atoms with Crippen molar-refractivity contribution in [3.05, 3.63) is 50.4 Å². The number of nitrogens with one attached hydrogen (secondary N) is 1. The summed E-state index contributed by atoms with van der Waals surface area (Å²) in [6, 6.07) is 9.20. The zero-order valence-electron chi connectivity index (χ0n) is 11.5. The van der Waals surface area contributed by atoms with Crippen LogP contribution in [0.3, 0.4) is 0 Å². The minimum Gasteiger partial charge on any atom is -0.495 e. The highest BCUT2D eigenvalue weighted by Crippen LogP contribution is 2.36. The number of hydrogen-bond acceptors (Lipinski definition) is 3. The van der Waals surface area contributed by atoms with Gasteiger partial charge in [-0.25, -0.2) is 0 Å². The molecule has 0 heterocycles. The highest BCUT2D eigenvalue weighted by Gasteiger charge is 2.10. The van der Waals surface area contributed by atoms with E-state index in [0.717, 1.165) is 15.7 Å². The van der Waals surface area contributed by atoms with Gasteiger partial charge in [-0.05, 0) is 17.7 Å². The highest BCUT2D eigenvalue weighted by atomic mass is 79.9. The SMILES string of the molecule is COc1cc(NCc2ccc(Cl)cc2Br)c(OC)cc1Cl. The molecule has 21 heavy (non-hydrogen) atoms. The maximum Gasteiger partial charge on any atom is 0.143 e. The molecule has 2 aromatic rings. The molecule has 0 aliphatic rings. The first-order chi connectivity index (χ1) is 10.0. The Bertz CT molecular complexity index is 650. The van der Waals surface area contributed by atoms with E-state index in [4.69, 9.17) is 32.7 Å². The molecule has 1 N–H and O–H groups in total. The van der Waals surface area contributed by atoms with Crippen molar-refractivity contribution < 1.29 is 9.47 Å². The summed E-state index contributed by atoms with van der Waals surface area (Å²) in [5.41, 5.74) is 1.89. The third-order valence-electron chi connectivity index (χ3n) is 2.96. The van der Waals surface area contributed by atoms with Crippen LogP contribution in [0.2, 0.25) is 10.0 Å². The average molecular weight is 391 g/mol. The minimum atomic E-state index is 0.507. The molecule has 0 atom stereocenters. The van der Waals surface area contributed by atoms with Crippen LogP contribution >= 0.6 is 39.1 Å². The molecular weight excluding hydrogens is 377 g/mol. The molecule has 0 spiro atoms. The van der Waals surface area contributed by atoms with Gasteiger partial charge in [-0.2, -0.15) is 0 Å². The highest BCUT2D eigenvalue weighted by molar-refractivity contribution is 9.10. The Morgan fingerprint density at radius 3 is 2.38 bits per heavy atom. The second-order valence-electron chi connectivity index (χ2n) is 4.28. The van der Waals surface area contributed by atoms with Crippen molar-refractivity contribution >= 4 is 44.8 Å². The molecule has 6 heteroatoms. The van der Waals surface area contributed by atoms with Gasteiger partial charge in [0.15, 0.2) is 0 Å². The zero-order chi connectivity index (χ0) is 15.4. The summed E-state index contributed by atoms with van der Waals surface area (Å²) in [4.78, 5) is 0. The first-order valence-electron chi connectivity index (χ1n) is 6.14. The molecule has 0 aliphatic carbocycles. The van der Waals surface area contributed by atoms with Crippen LogP contribution in [0.1, 0.15) is 5.56 Å². The second kappa shape index (κ2) is 7.25. The Labute approximate surface area is 142 Å². The summed E-state index contributed by atoms with van der Waals surface area (Å²) in [6.07, 6.45) is 0. The second-order valence-corrected chi connectivity index (χ2v) is 5.97. The van der Waals surface area contributed by atoms with Crippen molar-refractivity contribution in [2.75, 3.05) is 19.5 Å². The number of methoxy groups -OCH3 is 2. The fraction of sp³-hybridized carbons (Fsp3) is 0.200. The fourth-order valence-corrected chi connectivity index (χ4v) is 2.91. The normalized spacial score (nSPS) is 10.3. The van der Waals surface area contributed by atoms with Crippen molar-refractivity contribution in [2.24, 2.45) is 0 Å². The fourth-order valence-electron chi connectivity index (χ4n) is 1.85. The van der Waals surface area contributed by atoms with Gasteiger partial charge in [0, 0.05) is 28.2 Å². The molecule has 3 nitrogen and oxygen atoms in total. The molecule has 0 amide bonds. The van der Waals surface area contributed by atoms with E-state index in [9.17, 15) is 0 Å². The molecule has 0 aromatic heterocycles. The first kappa shape index (κ1) is 16.3. The molecule has 0 radical (unpaired) electrons. The molecule has 0 saturated heterocycles. The number of benzene rings is 2. The zero-order valence-corrected chi connectivity index (χ0v) is 14.6. The summed E-state index contributed by atoms with van der Waals surface area (Å²) in [7, 11) is 3.18. The predicted octanol–water partition coefficient (Wildman–Crippen LogP) is 5.39. The maximum atomic E-state index is 6.09. The smallest absolute Gasteiger partial charge is 0.143 e. The van der Waals surface area contributed by atoms with Crippen LogP contribution in [0.4, 0.5) is 5.69 Å². The average Bonchev–Trinajstić information content (AvgIpc) is 2.47. The Morgan fingerprint density at radius 2 is 1.76 bits per heavy atom. The third kappa shape index (κ3) is 3.96. The summed E-state index contributed by atoms with van der Waals surface area (Å²) >= 11 is 15.5. The summed E-state index contributed by atoms with van der Waals surface area (Å²) in [5, 5.41) is 4.50. The first-order valence-corrected chi connectivity index (χ1v) is 7.69. The summed E-state index contributed by atoms with van der Waals surface area (Å²) in [6.45, 7) is 0.610. The topological polar surface area (TPSA) is 30.5 Å². The lowest BCUT2D eigenvalue weighted by molar-refractivity contribution is 0.404. The van der Waals surface area contributed by atoms with Gasteiger partial charge in [-0.3, -0.25) is 0 Å². The lowest BCUT2D eigenvalue weighted by Gasteiger charge is -2.14. The molecule has 2 aromatic carbocycles. The van der Waals surface area contributed by atoms with E-state index in [1.54, 1.807) is 20.3 Å². The maximum absolute atomic E-state index is 6.09. The molecule has 112 valence electrons. The van der Waals surface area contributed by atoms with Gasteiger partial charge in [0.2, 0.25) is 0 Å².